The van der Waals surface area contributed by atoms with Crippen molar-refractivity contribution >= 4 is 30.1 Å². The molecule has 3 nitrogen and oxygen atoms in total. The van der Waals surface area contributed by atoms with Gasteiger partial charge in [0.25, 0.3) is 0 Å². The first-order valence-electron chi connectivity index (χ1n) is 7.76. The molecule has 1 aliphatic rings. The second kappa shape index (κ2) is 6.30. The van der Waals surface area contributed by atoms with E-state index in [0.29, 0.717) is 12.1 Å². The third-order valence-electron chi connectivity index (χ3n) is 4.52. The maximum Gasteiger partial charge on any atom is 0.337 e. The minimum absolute atomic E-state index is 0.168. The van der Waals surface area contributed by atoms with Crippen LogP contribution in [0.2, 0.25) is 0 Å². The number of hydrogen-bond acceptors (Lipinski definition) is 4. The SMILES string of the molecule is CC1(C)CCc2sc(-c3ccccc3CNS)c(C(=O)O)c2C1. The minimum atomic E-state index is -0.816. The molecule has 0 spiro atoms. The highest BCUT2D eigenvalue weighted by Crippen LogP contribution is 2.45. The lowest BCUT2D eigenvalue weighted by atomic mass is 9.76. The van der Waals surface area contributed by atoms with E-state index < -0.39 is 5.97 Å². The van der Waals surface area contributed by atoms with Gasteiger partial charge in [0.2, 0.25) is 0 Å². The van der Waals surface area contributed by atoms with Crippen LogP contribution in [0.4, 0.5) is 0 Å². The quantitative estimate of drug-likeness (QED) is 0.711. The number of fused-ring (bicyclic) bond motifs is 1. The lowest BCUT2D eigenvalue weighted by Gasteiger charge is -2.29. The van der Waals surface area contributed by atoms with Gasteiger partial charge in [-0.3, -0.25) is 4.72 Å². The molecule has 0 atom stereocenters. The van der Waals surface area contributed by atoms with Crippen LogP contribution in [-0.4, -0.2) is 11.1 Å². The van der Waals surface area contributed by atoms with Crippen molar-refractivity contribution in [2.75, 3.05) is 0 Å². The van der Waals surface area contributed by atoms with Crippen LogP contribution in [0.1, 0.15) is 46.6 Å². The predicted molar refractivity (Wildman–Crippen MR) is 98.3 cm³/mol. The van der Waals surface area contributed by atoms with Crippen LogP contribution < -0.4 is 4.72 Å². The molecule has 2 N–H and O–H groups in total. The smallest absolute Gasteiger partial charge is 0.337 e. The average molecular weight is 348 g/mol. The molecule has 0 saturated carbocycles. The number of thiol groups is 1. The van der Waals surface area contributed by atoms with Crippen LogP contribution in [0, 0.1) is 5.41 Å². The summed E-state index contributed by atoms with van der Waals surface area (Å²) in [7, 11) is 0. The molecule has 122 valence electrons. The Morgan fingerprint density at radius 1 is 1.39 bits per heavy atom. The first kappa shape index (κ1) is 16.6. The summed E-state index contributed by atoms with van der Waals surface area (Å²) in [4.78, 5) is 14.1. The monoisotopic (exact) mass is 347 g/mol. The predicted octanol–water partition coefficient (Wildman–Crippen LogP) is 4.56. The summed E-state index contributed by atoms with van der Waals surface area (Å²) in [5.41, 5.74) is 3.79. The van der Waals surface area contributed by atoms with Crippen molar-refractivity contribution in [2.24, 2.45) is 5.41 Å². The molecule has 2 aromatic rings. The van der Waals surface area contributed by atoms with E-state index in [2.05, 4.69) is 31.4 Å². The lowest BCUT2D eigenvalue weighted by molar-refractivity contribution is 0.0696. The Morgan fingerprint density at radius 3 is 2.83 bits per heavy atom. The topological polar surface area (TPSA) is 49.3 Å². The van der Waals surface area contributed by atoms with Gasteiger partial charge < -0.3 is 5.11 Å². The van der Waals surface area contributed by atoms with Gasteiger partial charge in [-0.25, -0.2) is 4.79 Å². The second-order valence-electron chi connectivity index (χ2n) is 6.85. The molecule has 0 aliphatic heterocycles. The van der Waals surface area contributed by atoms with Crippen LogP contribution in [0.5, 0.6) is 0 Å². The Hall–Kier alpha value is -1.30. The highest BCUT2D eigenvalue weighted by molar-refractivity contribution is 7.78. The number of aryl methyl sites for hydroxylation is 1. The molecule has 0 saturated heterocycles. The normalized spacial score (nSPS) is 16.1. The number of nitrogens with one attached hydrogen (secondary N) is 1. The van der Waals surface area contributed by atoms with Crippen molar-refractivity contribution in [3.8, 4) is 10.4 Å². The van der Waals surface area contributed by atoms with Crippen LogP contribution in [-0.2, 0) is 19.4 Å². The molecule has 0 amide bonds. The lowest BCUT2D eigenvalue weighted by Crippen LogP contribution is -2.22. The van der Waals surface area contributed by atoms with Gasteiger partial charge in [0.05, 0.1) is 5.56 Å². The van der Waals surface area contributed by atoms with Gasteiger partial charge in [0.15, 0.2) is 0 Å². The van der Waals surface area contributed by atoms with E-state index >= 15 is 0 Å². The zero-order valence-corrected chi connectivity index (χ0v) is 15.1. The number of thiophene rings is 1. The van der Waals surface area contributed by atoms with Gasteiger partial charge in [-0.05, 0) is 41.4 Å². The van der Waals surface area contributed by atoms with Gasteiger partial charge in [0.1, 0.15) is 0 Å². The third-order valence-corrected chi connectivity index (χ3v) is 6.00. The van der Waals surface area contributed by atoms with Crippen molar-refractivity contribution in [2.45, 2.75) is 39.7 Å². The van der Waals surface area contributed by atoms with Crippen LogP contribution in [0.25, 0.3) is 10.4 Å². The summed E-state index contributed by atoms with van der Waals surface area (Å²) < 4.78 is 2.87. The molecule has 0 bridgehead atoms. The Bertz CT molecular complexity index is 749. The number of carbonyl (C=O) groups is 1. The third kappa shape index (κ3) is 3.18. The molecule has 1 aromatic carbocycles. The fraction of sp³-hybridized carbons (Fsp3) is 0.389. The second-order valence-corrected chi connectivity index (χ2v) is 8.27. The van der Waals surface area contributed by atoms with E-state index in [1.807, 2.05) is 24.3 Å². The molecule has 0 radical (unpaired) electrons. The standard InChI is InChI=1S/C18H21NO2S2/c1-18(2)8-7-14-13(9-18)15(17(20)21)16(23-14)12-6-4-3-5-11(12)10-19-22/h3-6,19,22H,7-10H2,1-2H3,(H,20,21). The molecule has 23 heavy (non-hydrogen) atoms. The highest BCUT2D eigenvalue weighted by Gasteiger charge is 2.33. The summed E-state index contributed by atoms with van der Waals surface area (Å²) in [5, 5.41) is 9.84. The van der Waals surface area contributed by atoms with Gasteiger partial charge in [-0.1, -0.05) is 50.9 Å². The molecule has 1 aliphatic carbocycles. The fourth-order valence-corrected chi connectivity index (χ4v) is 4.86. The first-order chi connectivity index (χ1) is 10.9. The Labute approximate surface area is 146 Å². The van der Waals surface area contributed by atoms with E-state index in [9.17, 15) is 9.90 Å². The van der Waals surface area contributed by atoms with Crippen molar-refractivity contribution in [3.05, 3.63) is 45.8 Å². The van der Waals surface area contributed by atoms with Gasteiger partial charge in [0, 0.05) is 16.3 Å². The van der Waals surface area contributed by atoms with Crippen LogP contribution in [0.15, 0.2) is 24.3 Å². The summed E-state index contributed by atoms with van der Waals surface area (Å²) in [6.07, 6.45) is 2.92. The van der Waals surface area contributed by atoms with E-state index in [0.717, 1.165) is 40.8 Å². The average Bonchev–Trinajstić information content (AvgIpc) is 2.85. The first-order valence-corrected chi connectivity index (χ1v) is 9.02. The van der Waals surface area contributed by atoms with E-state index in [-0.39, 0.29) is 5.41 Å². The summed E-state index contributed by atoms with van der Waals surface area (Å²) >= 11 is 5.74. The van der Waals surface area contributed by atoms with E-state index in [1.165, 1.54) is 4.88 Å². The van der Waals surface area contributed by atoms with Crippen LogP contribution >= 0.6 is 24.2 Å². The number of aromatic carboxylic acids is 1. The molecular formula is C18H21NO2S2. The highest BCUT2D eigenvalue weighted by atomic mass is 32.1. The Morgan fingerprint density at radius 2 is 2.13 bits per heavy atom. The molecule has 1 aromatic heterocycles. The number of benzene rings is 1. The molecular weight excluding hydrogens is 326 g/mol. The molecule has 5 heteroatoms. The largest absolute Gasteiger partial charge is 0.478 e. The van der Waals surface area contributed by atoms with Crippen molar-refractivity contribution in [1.82, 2.24) is 4.72 Å². The van der Waals surface area contributed by atoms with E-state index in [4.69, 9.17) is 0 Å². The Balaban J connectivity index is 2.18. The van der Waals surface area contributed by atoms with Gasteiger partial charge in [-0.15, -0.1) is 11.3 Å². The molecule has 1 heterocycles. The Kier molecular flexibility index (Phi) is 4.54. The van der Waals surface area contributed by atoms with Crippen molar-refractivity contribution < 1.29 is 9.90 Å². The van der Waals surface area contributed by atoms with Crippen LogP contribution in [0.3, 0.4) is 0 Å². The van der Waals surface area contributed by atoms with E-state index in [1.54, 1.807) is 11.3 Å². The molecule has 0 fully saturated rings. The maximum atomic E-state index is 12.0. The van der Waals surface area contributed by atoms with Gasteiger partial charge in [-0.2, -0.15) is 0 Å². The summed E-state index contributed by atoms with van der Waals surface area (Å²) in [6.45, 7) is 5.04. The number of carboxylic acid groups (broad SMARTS) is 1. The zero-order chi connectivity index (χ0) is 16.6. The molecule has 0 unspecified atom stereocenters. The maximum absolute atomic E-state index is 12.0. The summed E-state index contributed by atoms with van der Waals surface area (Å²) in [5.74, 6) is -0.816. The molecule has 3 rings (SSSR count). The summed E-state index contributed by atoms with van der Waals surface area (Å²) in [6, 6.07) is 7.97. The minimum Gasteiger partial charge on any atom is -0.478 e. The van der Waals surface area contributed by atoms with Gasteiger partial charge >= 0.3 is 5.97 Å². The van der Waals surface area contributed by atoms with Crippen molar-refractivity contribution in [1.29, 1.82) is 0 Å². The number of hydrogen-bond donors (Lipinski definition) is 3. The number of carboxylic acids is 1. The fourth-order valence-electron chi connectivity index (χ4n) is 3.32. The zero-order valence-electron chi connectivity index (χ0n) is 13.3. The number of rotatable bonds is 4. The van der Waals surface area contributed by atoms with Crippen molar-refractivity contribution in [3.63, 3.8) is 0 Å².